The van der Waals surface area contributed by atoms with Gasteiger partial charge in [0.25, 0.3) is 5.91 Å². The summed E-state index contributed by atoms with van der Waals surface area (Å²) in [5.74, 6) is -2.99. The lowest BCUT2D eigenvalue weighted by Crippen LogP contribution is -2.54. The number of ether oxygens (including phenoxy) is 1. The highest BCUT2D eigenvalue weighted by Crippen LogP contribution is 2.61. The van der Waals surface area contributed by atoms with E-state index in [1.807, 2.05) is 17.9 Å². The maximum absolute atomic E-state index is 14.2. The number of carbonyl (C=O) groups excluding carboxylic acids is 3. The summed E-state index contributed by atoms with van der Waals surface area (Å²) in [5, 5.41) is 14.8. The number of anilines is 2. The molecule has 186 valence electrons. The number of fused-ring (bicyclic) bond motifs is 7. The fourth-order valence-electron chi connectivity index (χ4n) is 6.84. The third-order valence-electron chi connectivity index (χ3n) is 8.13. The fourth-order valence-corrected chi connectivity index (χ4v) is 7.16. The molecule has 0 aromatic heterocycles. The Bertz CT molecular complexity index is 1410. The number of nitrogens with zero attached hydrogens (tertiary/aromatic N) is 3. The minimum atomic E-state index is -1.35. The number of halogens is 1. The molecule has 0 saturated carbocycles. The van der Waals surface area contributed by atoms with Gasteiger partial charge >= 0.3 is 5.69 Å². The van der Waals surface area contributed by atoms with Crippen molar-refractivity contribution in [3.63, 3.8) is 0 Å². The molecule has 0 bridgehead atoms. The molecular formula is C25H23ClN4O6. The Morgan fingerprint density at radius 3 is 2.61 bits per heavy atom. The van der Waals surface area contributed by atoms with Gasteiger partial charge in [-0.15, -0.1) is 0 Å². The van der Waals surface area contributed by atoms with E-state index in [4.69, 9.17) is 16.3 Å². The maximum atomic E-state index is 14.2. The summed E-state index contributed by atoms with van der Waals surface area (Å²) in [6.07, 6.45) is 1.48. The molecular weight excluding hydrogens is 488 g/mol. The van der Waals surface area contributed by atoms with Crippen LogP contribution in [0, 0.1) is 35.8 Å². The Kier molecular flexibility index (Phi) is 4.78. The highest BCUT2D eigenvalue weighted by molar-refractivity contribution is 6.35. The van der Waals surface area contributed by atoms with Crippen LogP contribution in [0.15, 0.2) is 24.3 Å². The molecule has 4 atom stereocenters. The van der Waals surface area contributed by atoms with Gasteiger partial charge in [-0.05, 0) is 50.4 Å². The van der Waals surface area contributed by atoms with Crippen LogP contribution < -0.4 is 15.0 Å². The third kappa shape index (κ3) is 2.63. The van der Waals surface area contributed by atoms with Gasteiger partial charge in [-0.2, -0.15) is 0 Å². The molecule has 1 spiro atoms. The van der Waals surface area contributed by atoms with Crippen molar-refractivity contribution < 1.29 is 24.0 Å². The number of imide groups is 1. The monoisotopic (exact) mass is 510 g/mol. The molecule has 1 N–H and O–H groups in total. The van der Waals surface area contributed by atoms with Crippen molar-refractivity contribution in [2.24, 2.45) is 11.8 Å². The first-order valence-electron chi connectivity index (χ1n) is 11.7. The second kappa shape index (κ2) is 7.50. The molecule has 0 unspecified atom stereocenters. The number of nitrogens with one attached hydrogen (secondary N) is 1. The van der Waals surface area contributed by atoms with Crippen LogP contribution >= 0.6 is 11.6 Å². The molecule has 11 heteroatoms. The minimum absolute atomic E-state index is 0.0539. The van der Waals surface area contributed by atoms with Crippen LogP contribution in [0.1, 0.15) is 29.5 Å². The molecule has 36 heavy (non-hydrogen) atoms. The summed E-state index contributed by atoms with van der Waals surface area (Å²) < 4.78 is 5.20. The minimum Gasteiger partial charge on any atom is -0.490 e. The number of hydrogen-bond acceptors (Lipinski definition) is 7. The smallest absolute Gasteiger partial charge is 0.311 e. The number of aryl methyl sites for hydroxylation is 2. The van der Waals surface area contributed by atoms with Crippen molar-refractivity contribution >= 4 is 46.4 Å². The van der Waals surface area contributed by atoms with E-state index in [9.17, 15) is 24.5 Å². The SMILES string of the molecule is COc1cc(N2C(=O)[C@@H]3[C@H]4CCCN4[C@]4(C(=O)Nc5c(Cl)cc(C)cc54)[C@@H]3C2=O)c(C)cc1[N+](=O)[O-]. The first-order chi connectivity index (χ1) is 17.1. The topological polar surface area (TPSA) is 122 Å². The van der Waals surface area contributed by atoms with Crippen LogP contribution in [0.25, 0.3) is 0 Å². The predicted octanol–water partition coefficient (Wildman–Crippen LogP) is 3.30. The molecule has 3 fully saturated rings. The second-order valence-corrected chi connectivity index (χ2v) is 10.3. The average Bonchev–Trinajstić information content (AvgIpc) is 3.53. The summed E-state index contributed by atoms with van der Waals surface area (Å²) in [6, 6.07) is 5.99. The number of amides is 3. The molecule has 3 saturated heterocycles. The molecule has 0 aliphatic carbocycles. The number of methoxy groups -OCH3 is 1. The van der Waals surface area contributed by atoms with E-state index < -0.39 is 34.1 Å². The van der Waals surface area contributed by atoms with Gasteiger partial charge in [0.15, 0.2) is 5.75 Å². The van der Waals surface area contributed by atoms with Gasteiger partial charge in [-0.1, -0.05) is 17.7 Å². The maximum Gasteiger partial charge on any atom is 0.311 e. The molecule has 2 aromatic carbocycles. The van der Waals surface area contributed by atoms with Crippen LogP contribution in [-0.4, -0.2) is 47.2 Å². The molecule has 4 aliphatic rings. The Morgan fingerprint density at radius 1 is 1.17 bits per heavy atom. The van der Waals surface area contributed by atoms with Crippen LogP contribution in [0.4, 0.5) is 17.1 Å². The van der Waals surface area contributed by atoms with Gasteiger partial charge in [0.1, 0.15) is 5.54 Å². The summed E-state index contributed by atoms with van der Waals surface area (Å²) in [6.45, 7) is 4.06. The van der Waals surface area contributed by atoms with Gasteiger partial charge in [-0.3, -0.25) is 29.4 Å². The van der Waals surface area contributed by atoms with Crippen molar-refractivity contribution in [2.45, 2.75) is 38.3 Å². The number of benzene rings is 2. The largest absolute Gasteiger partial charge is 0.490 e. The third-order valence-corrected chi connectivity index (χ3v) is 8.43. The van der Waals surface area contributed by atoms with E-state index in [1.165, 1.54) is 19.2 Å². The van der Waals surface area contributed by atoms with Crippen molar-refractivity contribution in [1.29, 1.82) is 0 Å². The van der Waals surface area contributed by atoms with Gasteiger partial charge in [0.2, 0.25) is 11.8 Å². The van der Waals surface area contributed by atoms with Gasteiger partial charge in [0.05, 0.1) is 40.3 Å². The lowest BCUT2D eigenvalue weighted by Gasteiger charge is -2.37. The summed E-state index contributed by atoms with van der Waals surface area (Å²) >= 11 is 6.51. The normalized spacial score (nSPS) is 28.5. The van der Waals surface area contributed by atoms with Crippen LogP contribution in [0.3, 0.4) is 0 Å². The number of hydrogen-bond donors (Lipinski definition) is 1. The van der Waals surface area contributed by atoms with E-state index in [-0.39, 0.29) is 29.1 Å². The summed E-state index contributed by atoms with van der Waals surface area (Å²) in [7, 11) is 1.29. The van der Waals surface area contributed by atoms with E-state index in [0.717, 1.165) is 16.9 Å². The quantitative estimate of drug-likeness (QED) is 0.382. The second-order valence-electron chi connectivity index (χ2n) is 9.88. The zero-order valence-corrected chi connectivity index (χ0v) is 20.6. The standard InChI is InChI=1S/C25H23ClN4O6/c1-11-7-13-21(14(26)8-11)27-24(33)25(13)20-19(15-5-4-6-28(15)25)22(31)29(23(20)32)16-10-18(36-3)17(30(34)35)9-12(16)2/h7-10,15,19-20H,4-6H2,1-3H3,(H,27,33)/t15-,19-,20+,25+/m1/s1. The molecule has 2 aromatic rings. The number of rotatable bonds is 3. The molecule has 6 rings (SSSR count). The summed E-state index contributed by atoms with van der Waals surface area (Å²) in [4.78, 5) is 55.9. The van der Waals surface area contributed by atoms with Gasteiger partial charge < -0.3 is 10.1 Å². The van der Waals surface area contributed by atoms with Gasteiger partial charge in [0, 0.05) is 23.7 Å². The van der Waals surface area contributed by atoms with Crippen LogP contribution in [0.5, 0.6) is 5.75 Å². The zero-order valence-electron chi connectivity index (χ0n) is 19.8. The fraction of sp³-hybridized carbons (Fsp3) is 0.400. The Balaban J connectivity index is 1.55. The molecule has 10 nitrogen and oxygen atoms in total. The molecule has 0 radical (unpaired) electrons. The van der Waals surface area contributed by atoms with E-state index >= 15 is 0 Å². The molecule has 4 heterocycles. The lowest BCUT2D eigenvalue weighted by molar-refractivity contribution is -0.385. The highest BCUT2D eigenvalue weighted by Gasteiger charge is 2.75. The first kappa shape index (κ1) is 22.9. The Hall–Kier alpha value is -3.50. The van der Waals surface area contributed by atoms with Crippen molar-refractivity contribution in [3.05, 3.63) is 56.1 Å². The Labute approximate surface area is 211 Å². The number of nitro benzene ring substituents is 1. The van der Waals surface area contributed by atoms with Crippen molar-refractivity contribution in [1.82, 2.24) is 4.90 Å². The van der Waals surface area contributed by atoms with Gasteiger partial charge in [-0.25, -0.2) is 4.90 Å². The highest BCUT2D eigenvalue weighted by atomic mass is 35.5. The lowest BCUT2D eigenvalue weighted by atomic mass is 9.75. The predicted molar refractivity (Wildman–Crippen MR) is 130 cm³/mol. The van der Waals surface area contributed by atoms with E-state index in [0.29, 0.717) is 34.8 Å². The number of carbonyl (C=O) groups is 3. The average molecular weight is 511 g/mol. The van der Waals surface area contributed by atoms with E-state index in [2.05, 4.69) is 5.32 Å². The van der Waals surface area contributed by atoms with Crippen LogP contribution in [0.2, 0.25) is 5.02 Å². The Morgan fingerprint density at radius 2 is 1.92 bits per heavy atom. The van der Waals surface area contributed by atoms with Crippen molar-refractivity contribution in [3.8, 4) is 5.75 Å². The molecule has 4 aliphatic heterocycles. The van der Waals surface area contributed by atoms with E-state index in [1.54, 1.807) is 13.0 Å². The van der Waals surface area contributed by atoms with Crippen LogP contribution in [-0.2, 0) is 19.9 Å². The number of nitro groups is 1. The molecule has 3 amide bonds. The van der Waals surface area contributed by atoms with Crippen molar-refractivity contribution in [2.75, 3.05) is 23.9 Å². The summed E-state index contributed by atoms with van der Waals surface area (Å²) in [5.41, 5.74) is 0.948. The first-order valence-corrected chi connectivity index (χ1v) is 12.1. The zero-order chi connectivity index (χ0) is 25.7.